The number of carboxylic acid groups (broad SMARTS) is 1. The maximum Gasteiger partial charge on any atom is 0.436 e. The van der Waals surface area contributed by atoms with Crippen LogP contribution in [0.2, 0.25) is 5.02 Å². The molecule has 0 atom stereocenters. The quantitative estimate of drug-likeness (QED) is 0.904. The van der Waals surface area contributed by atoms with Crippen LogP contribution in [0.15, 0.2) is 24.3 Å². The van der Waals surface area contributed by atoms with Crippen molar-refractivity contribution in [1.82, 2.24) is 15.2 Å². The zero-order valence-electron chi connectivity index (χ0n) is 10.0. The second-order valence-corrected chi connectivity index (χ2v) is 4.21. The van der Waals surface area contributed by atoms with E-state index in [0.29, 0.717) is 10.7 Å². The van der Waals surface area contributed by atoms with Gasteiger partial charge in [0, 0.05) is 10.7 Å². The molecule has 1 aromatic heterocycles. The van der Waals surface area contributed by atoms with Gasteiger partial charge >= 0.3 is 12.1 Å². The molecule has 2 N–H and O–H groups in total. The summed E-state index contributed by atoms with van der Waals surface area (Å²) >= 11 is 5.73. The largest absolute Gasteiger partial charge is 0.476 e. The molecule has 0 saturated carbocycles. The van der Waals surface area contributed by atoms with Crippen molar-refractivity contribution in [2.24, 2.45) is 0 Å². The molecule has 0 unspecified atom stereocenters. The molecule has 0 aliphatic carbocycles. The molecule has 0 radical (unpaired) electrons. The fourth-order valence-corrected chi connectivity index (χ4v) is 1.61. The van der Waals surface area contributed by atoms with Crippen LogP contribution >= 0.6 is 11.6 Å². The highest BCUT2D eigenvalue weighted by atomic mass is 35.5. The Morgan fingerprint density at radius 2 is 2.00 bits per heavy atom. The van der Waals surface area contributed by atoms with Crippen LogP contribution in [0.25, 0.3) is 0 Å². The Morgan fingerprint density at radius 3 is 2.57 bits per heavy atom. The number of alkyl halides is 3. The van der Waals surface area contributed by atoms with E-state index in [1.54, 1.807) is 12.1 Å². The minimum atomic E-state index is -4.96. The molecule has 6 nitrogen and oxygen atoms in total. The van der Waals surface area contributed by atoms with Gasteiger partial charge in [0.05, 0.1) is 0 Å². The molecule has 1 aromatic carbocycles. The van der Waals surface area contributed by atoms with Crippen molar-refractivity contribution < 1.29 is 23.1 Å². The molecule has 0 aliphatic rings. The molecule has 21 heavy (non-hydrogen) atoms. The number of carboxylic acids is 1. The van der Waals surface area contributed by atoms with Crippen LogP contribution in [0.1, 0.15) is 16.2 Å². The van der Waals surface area contributed by atoms with Crippen LogP contribution in [0.3, 0.4) is 0 Å². The number of aromatic carboxylic acids is 1. The van der Waals surface area contributed by atoms with Crippen molar-refractivity contribution in [2.75, 3.05) is 5.32 Å². The smallest absolute Gasteiger partial charge is 0.436 e. The first-order chi connectivity index (χ1) is 9.77. The van der Waals surface area contributed by atoms with Crippen LogP contribution in [0.5, 0.6) is 0 Å². The van der Waals surface area contributed by atoms with Gasteiger partial charge in [0.15, 0.2) is 5.69 Å². The fraction of sp³-hybridized carbons (Fsp3) is 0.0909. The van der Waals surface area contributed by atoms with Crippen molar-refractivity contribution in [3.05, 3.63) is 40.7 Å². The molecule has 0 saturated heterocycles. The van der Waals surface area contributed by atoms with Crippen molar-refractivity contribution in [1.29, 1.82) is 0 Å². The van der Waals surface area contributed by atoms with Gasteiger partial charge in [0.25, 0.3) is 0 Å². The summed E-state index contributed by atoms with van der Waals surface area (Å²) in [7, 11) is 0. The Labute approximate surface area is 120 Å². The molecule has 2 rings (SSSR count). The third-order valence-electron chi connectivity index (χ3n) is 2.24. The van der Waals surface area contributed by atoms with Crippen LogP contribution in [-0.4, -0.2) is 26.3 Å². The Morgan fingerprint density at radius 1 is 1.29 bits per heavy atom. The van der Waals surface area contributed by atoms with E-state index in [-0.39, 0.29) is 0 Å². The number of nitrogens with one attached hydrogen (secondary N) is 1. The van der Waals surface area contributed by atoms with Gasteiger partial charge in [-0.2, -0.15) is 13.2 Å². The highest BCUT2D eigenvalue weighted by Gasteiger charge is 2.39. The van der Waals surface area contributed by atoms with Gasteiger partial charge < -0.3 is 10.4 Å². The predicted octanol–water partition coefficient (Wildman–Crippen LogP) is 2.99. The first-order valence-electron chi connectivity index (χ1n) is 5.35. The Balaban J connectivity index is 2.40. The Bertz CT molecular complexity index is 693. The molecule has 1 heterocycles. The molecular weight excluding hydrogens is 313 g/mol. The topological polar surface area (TPSA) is 88.0 Å². The van der Waals surface area contributed by atoms with Gasteiger partial charge in [-0.1, -0.05) is 17.7 Å². The first kappa shape index (κ1) is 15.0. The van der Waals surface area contributed by atoms with Crippen LogP contribution in [0, 0.1) is 0 Å². The van der Waals surface area contributed by atoms with E-state index in [1.165, 1.54) is 12.1 Å². The van der Waals surface area contributed by atoms with Gasteiger partial charge in [-0.25, -0.2) is 9.78 Å². The molecule has 0 spiro atoms. The molecule has 2 aromatic rings. The van der Waals surface area contributed by atoms with Crippen molar-refractivity contribution in [3.8, 4) is 0 Å². The van der Waals surface area contributed by atoms with E-state index in [2.05, 4.69) is 20.5 Å². The van der Waals surface area contributed by atoms with E-state index < -0.39 is 29.5 Å². The number of aromatic nitrogens is 3. The lowest BCUT2D eigenvalue weighted by Gasteiger charge is -2.10. The first-order valence-corrected chi connectivity index (χ1v) is 5.73. The van der Waals surface area contributed by atoms with E-state index in [4.69, 9.17) is 16.7 Å². The zero-order chi connectivity index (χ0) is 15.6. The van der Waals surface area contributed by atoms with Crippen molar-refractivity contribution in [2.45, 2.75) is 6.18 Å². The molecule has 110 valence electrons. The molecular formula is C11H6ClF3N4O2. The number of anilines is 2. The monoisotopic (exact) mass is 318 g/mol. The lowest BCUT2D eigenvalue weighted by molar-refractivity contribution is -0.142. The SMILES string of the molecule is O=C(O)c1nnc(Nc2cccc(Cl)c2)nc1C(F)(F)F. The number of carbonyl (C=O) groups is 1. The lowest BCUT2D eigenvalue weighted by Crippen LogP contribution is -2.19. The second-order valence-electron chi connectivity index (χ2n) is 3.77. The predicted molar refractivity (Wildman–Crippen MR) is 66.5 cm³/mol. The van der Waals surface area contributed by atoms with Crippen molar-refractivity contribution >= 4 is 29.2 Å². The molecule has 0 bridgehead atoms. The zero-order valence-corrected chi connectivity index (χ0v) is 10.8. The summed E-state index contributed by atoms with van der Waals surface area (Å²) in [6.07, 6.45) is -4.96. The Hall–Kier alpha value is -2.42. The van der Waals surface area contributed by atoms with Gasteiger partial charge in [-0.3, -0.25) is 0 Å². The Kier molecular flexibility index (Phi) is 3.94. The van der Waals surface area contributed by atoms with Crippen LogP contribution < -0.4 is 5.32 Å². The maximum atomic E-state index is 12.7. The molecule has 0 aliphatic heterocycles. The van der Waals surface area contributed by atoms with Gasteiger partial charge in [0.1, 0.15) is 0 Å². The summed E-state index contributed by atoms with van der Waals surface area (Å²) in [5.74, 6) is -2.36. The third-order valence-corrected chi connectivity index (χ3v) is 2.47. The highest BCUT2D eigenvalue weighted by molar-refractivity contribution is 6.30. The summed E-state index contributed by atoms with van der Waals surface area (Å²) in [6, 6.07) is 6.09. The highest BCUT2D eigenvalue weighted by Crippen LogP contribution is 2.30. The summed E-state index contributed by atoms with van der Waals surface area (Å²) in [5, 5.41) is 17.8. The molecule has 0 amide bonds. The fourth-order valence-electron chi connectivity index (χ4n) is 1.42. The van der Waals surface area contributed by atoms with Gasteiger partial charge in [-0.15, -0.1) is 10.2 Å². The van der Waals surface area contributed by atoms with E-state index in [9.17, 15) is 18.0 Å². The average molecular weight is 319 g/mol. The van der Waals surface area contributed by atoms with E-state index in [0.717, 1.165) is 0 Å². The van der Waals surface area contributed by atoms with Gasteiger partial charge in [-0.05, 0) is 18.2 Å². The second kappa shape index (κ2) is 5.52. The number of rotatable bonds is 3. The summed E-state index contributed by atoms with van der Waals surface area (Å²) in [6.45, 7) is 0. The van der Waals surface area contributed by atoms with Crippen LogP contribution in [-0.2, 0) is 6.18 Å². The normalized spacial score (nSPS) is 11.2. The number of halogens is 4. The number of hydrogen-bond donors (Lipinski definition) is 2. The van der Waals surface area contributed by atoms with Crippen molar-refractivity contribution in [3.63, 3.8) is 0 Å². The number of nitrogens with zero attached hydrogens (tertiary/aromatic N) is 3. The molecule has 10 heteroatoms. The minimum absolute atomic E-state index is 0.334. The summed E-state index contributed by atoms with van der Waals surface area (Å²) in [5.41, 5.74) is -2.56. The summed E-state index contributed by atoms with van der Waals surface area (Å²) < 4.78 is 38.2. The van der Waals surface area contributed by atoms with Crippen LogP contribution in [0.4, 0.5) is 24.8 Å². The number of hydrogen-bond acceptors (Lipinski definition) is 5. The van der Waals surface area contributed by atoms with E-state index in [1.807, 2.05) is 0 Å². The lowest BCUT2D eigenvalue weighted by atomic mass is 10.3. The maximum absolute atomic E-state index is 12.7. The van der Waals surface area contributed by atoms with E-state index >= 15 is 0 Å². The summed E-state index contributed by atoms with van der Waals surface area (Å²) in [4.78, 5) is 13.9. The minimum Gasteiger partial charge on any atom is -0.476 e. The molecule has 0 fully saturated rings. The standard InChI is InChI=1S/C11H6ClF3N4O2/c12-5-2-1-3-6(4-5)16-10-17-8(11(13,14)15)7(9(20)21)18-19-10/h1-4H,(H,20,21)(H,16,17,19). The van der Waals surface area contributed by atoms with Gasteiger partial charge in [0.2, 0.25) is 11.6 Å². The average Bonchev–Trinajstić information content (AvgIpc) is 2.37. The number of benzene rings is 1. The third kappa shape index (κ3) is 3.57.